The summed E-state index contributed by atoms with van der Waals surface area (Å²) in [7, 11) is 0. The highest BCUT2D eigenvalue weighted by atomic mass is 19.1. The van der Waals surface area contributed by atoms with Crippen LogP contribution in [0.1, 0.15) is 12.8 Å². The summed E-state index contributed by atoms with van der Waals surface area (Å²) in [4.78, 5) is 22.6. The molecule has 1 saturated heterocycles. The maximum atomic E-state index is 12.9. The quantitative estimate of drug-likeness (QED) is 0.802. The standard InChI is InChI=1S/C13H15FN2O4/c14-10-3-1-4-11(9-10)19-7-2-5-12(17)15-16-6-8-20-13(16)18/h1,3-4,9H,2,5-8H2,(H,15,17). The van der Waals surface area contributed by atoms with Gasteiger partial charge in [0.2, 0.25) is 5.91 Å². The number of hydrogen-bond acceptors (Lipinski definition) is 4. The molecule has 1 aromatic rings. The lowest BCUT2D eigenvalue weighted by Gasteiger charge is -2.13. The Labute approximate surface area is 115 Å². The fourth-order valence-corrected chi connectivity index (χ4v) is 1.68. The molecular weight excluding hydrogens is 267 g/mol. The van der Waals surface area contributed by atoms with E-state index < -0.39 is 6.09 Å². The summed E-state index contributed by atoms with van der Waals surface area (Å²) in [5, 5.41) is 1.13. The second-order valence-corrected chi connectivity index (χ2v) is 4.21. The highest BCUT2D eigenvalue weighted by Gasteiger charge is 2.23. The number of hydrogen-bond donors (Lipinski definition) is 1. The minimum absolute atomic E-state index is 0.207. The third kappa shape index (κ3) is 4.11. The fraction of sp³-hybridized carbons (Fsp3) is 0.385. The van der Waals surface area contributed by atoms with Gasteiger partial charge in [0.25, 0.3) is 0 Å². The number of carbonyl (C=O) groups is 2. The Morgan fingerprint density at radius 2 is 2.35 bits per heavy atom. The zero-order valence-electron chi connectivity index (χ0n) is 10.8. The van der Waals surface area contributed by atoms with Gasteiger partial charge in [0.15, 0.2) is 0 Å². The van der Waals surface area contributed by atoms with Gasteiger partial charge in [0, 0.05) is 12.5 Å². The molecule has 2 amide bonds. The summed E-state index contributed by atoms with van der Waals surface area (Å²) in [5.74, 6) is -0.229. The zero-order valence-corrected chi connectivity index (χ0v) is 10.8. The second-order valence-electron chi connectivity index (χ2n) is 4.21. The molecule has 0 aliphatic carbocycles. The Morgan fingerprint density at radius 1 is 1.50 bits per heavy atom. The zero-order chi connectivity index (χ0) is 14.4. The van der Waals surface area contributed by atoms with E-state index in [9.17, 15) is 14.0 Å². The molecule has 1 fully saturated rings. The van der Waals surface area contributed by atoms with Gasteiger partial charge in [-0.25, -0.2) is 14.2 Å². The van der Waals surface area contributed by atoms with Crippen molar-refractivity contribution < 1.29 is 23.5 Å². The van der Waals surface area contributed by atoms with Crippen molar-refractivity contribution in [1.82, 2.24) is 10.4 Å². The monoisotopic (exact) mass is 282 g/mol. The molecule has 0 spiro atoms. The van der Waals surface area contributed by atoms with Gasteiger partial charge in [-0.15, -0.1) is 0 Å². The number of ether oxygens (including phenoxy) is 2. The van der Waals surface area contributed by atoms with E-state index in [0.29, 0.717) is 25.3 Å². The Bertz CT molecular complexity index is 495. The molecule has 1 aliphatic rings. The highest BCUT2D eigenvalue weighted by molar-refractivity contribution is 5.79. The number of nitrogens with zero attached hydrogens (tertiary/aromatic N) is 1. The minimum atomic E-state index is -0.547. The third-order valence-corrected chi connectivity index (χ3v) is 2.63. The van der Waals surface area contributed by atoms with E-state index in [1.807, 2.05) is 0 Å². The smallest absolute Gasteiger partial charge is 0.428 e. The lowest BCUT2D eigenvalue weighted by molar-refractivity contribution is -0.124. The summed E-state index contributed by atoms with van der Waals surface area (Å²) in [6, 6.07) is 5.80. The molecule has 1 aliphatic heterocycles. The van der Waals surface area contributed by atoms with Gasteiger partial charge < -0.3 is 9.47 Å². The third-order valence-electron chi connectivity index (χ3n) is 2.63. The molecular formula is C13H15FN2O4. The molecule has 0 aromatic heterocycles. The van der Waals surface area contributed by atoms with E-state index in [-0.39, 0.29) is 24.8 Å². The summed E-state index contributed by atoms with van der Waals surface area (Å²) >= 11 is 0. The van der Waals surface area contributed by atoms with Gasteiger partial charge in [0.1, 0.15) is 18.2 Å². The lowest BCUT2D eigenvalue weighted by Crippen LogP contribution is -2.42. The van der Waals surface area contributed by atoms with E-state index in [1.54, 1.807) is 12.1 Å². The van der Waals surface area contributed by atoms with Crippen LogP contribution in [0.2, 0.25) is 0 Å². The number of rotatable bonds is 6. The van der Waals surface area contributed by atoms with Crippen LogP contribution in [0.15, 0.2) is 24.3 Å². The van der Waals surface area contributed by atoms with E-state index >= 15 is 0 Å². The SMILES string of the molecule is O=C(CCCOc1cccc(F)c1)NN1CCOC1=O. The van der Waals surface area contributed by atoms with Crippen molar-refractivity contribution in [2.24, 2.45) is 0 Å². The van der Waals surface area contributed by atoms with Crippen LogP contribution < -0.4 is 10.2 Å². The van der Waals surface area contributed by atoms with Crippen molar-refractivity contribution in [3.8, 4) is 5.75 Å². The van der Waals surface area contributed by atoms with Crippen molar-refractivity contribution >= 4 is 12.0 Å². The second kappa shape index (κ2) is 6.74. The van der Waals surface area contributed by atoms with Crippen molar-refractivity contribution in [2.45, 2.75) is 12.8 Å². The number of hydrazine groups is 1. The van der Waals surface area contributed by atoms with E-state index in [0.717, 1.165) is 5.01 Å². The fourth-order valence-electron chi connectivity index (χ4n) is 1.68. The van der Waals surface area contributed by atoms with Gasteiger partial charge in [-0.3, -0.25) is 10.2 Å². The van der Waals surface area contributed by atoms with Crippen LogP contribution in [0.4, 0.5) is 9.18 Å². The normalized spacial score (nSPS) is 14.1. The van der Waals surface area contributed by atoms with Gasteiger partial charge >= 0.3 is 6.09 Å². The predicted molar refractivity (Wildman–Crippen MR) is 67.3 cm³/mol. The van der Waals surface area contributed by atoms with Gasteiger partial charge in [-0.2, -0.15) is 0 Å². The number of halogens is 1. The number of cyclic esters (lactones) is 1. The van der Waals surface area contributed by atoms with Crippen LogP contribution in [0.5, 0.6) is 5.75 Å². The van der Waals surface area contributed by atoms with Crippen molar-refractivity contribution in [1.29, 1.82) is 0 Å². The number of nitrogens with one attached hydrogen (secondary N) is 1. The van der Waals surface area contributed by atoms with Crippen LogP contribution in [0.25, 0.3) is 0 Å². The molecule has 0 bridgehead atoms. The first-order valence-electron chi connectivity index (χ1n) is 6.27. The number of carbonyl (C=O) groups excluding carboxylic acids is 2. The Morgan fingerprint density at radius 3 is 3.05 bits per heavy atom. The maximum absolute atomic E-state index is 12.9. The van der Waals surface area contributed by atoms with Gasteiger partial charge in [-0.05, 0) is 18.6 Å². The predicted octanol–water partition coefficient (Wildman–Crippen LogP) is 1.47. The molecule has 1 aromatic carbocycles. The highest BCUT2D eigenvalue weighted by Crippen LogP contribution is 2.12. The molecule has 0 radical (unpaired) electrons. The summed E-state index contributed by atoms with van der Waals surface area (Å²) in [5.41, 5.74) is 2.44. The lowest BCUT2D eigenvalue weighted by atomic mass is 10.3. The van der Waals surface area contributed by atoms with Crippen molar-refractivity contribution in [2.75, 3.05) is 19.8 Å². The van der Waals surface area contributed by atoms with Gasteiger partial charge in [-0.1, -0.05) is 6.07 Å². The molecule has 6 nitrogen and oxygen atoms in total. The molecule has 0 unspecified atom stereocenters. The Balaban J connectivity index is 1.63. The topological polar surface area (TPSA) is 67.9 Å². The van der Waals surface area contributed by atoms with Crippen LogP contribution in [0, 0.1) is 5.82 Å². The van der Waals surface area contributed by atoms with E-state index in [4.69, 9.17) is 4.74 Å². The molecule has 2 rings (SSSR count). The Kier molecular flexibility index (Phi) is 4.75. The van der Waals surface area contributed by atoms with E-state index in [2.05, 4.69) is 10.2 Å². The first-order valence-corrected chi connectivity index (χ1v) is 6.27. The molecule has 0 atom stereocenters. The van der Waals surface area contributed by atoms with E-state index in [1.165, 1.54) is 12.1 Å². The molecule has 7 heteroatoms. The van der Waals surface area contributed by atoms with Crippen LogP contribution in [0.3, 0.4) is 0 Å². The summed E-state index contributed by atoms with van der Waals surface area (Å²) in [6.45, 7) is 0.924. The molecule has 108 valence electrons. The summed E-state index contributed by atoms with van der Waals surface area (Å²) < 4.78 is 22.9. The van der Waals surface area contributed by atoms with Crippen LogP contribution in [-0.4, -0.2) is 36.8 Å². The summed E-state index contributed by atoms with van der Waals surface area (Å²) in [6.07, 6.45) is 0.124. The van der Waals surface area contributed by atoms with Crippen molar-refractivity contribution in [3.05, 3.63) is 30.1 Å². The molecule has 1 N–H and O–H groups in total. The first-order chi connectivity index (χ1) is 9.65. The maximum Gasteiger partial charge on any atom is 0.428 e. The average molecular weight is 282 g/mol. The minimum Gasteiger partial charge on any atom is -0.493 e. The van der Waals surface area contributed by atoms with Crippen molar-refractivity contribution in [3.63, 3.8) is 0 Å². The largest absolute Gasteiger partial charge is 0.493 e. The number of benzene rings is 1. The first kappa shape index (κ1) is 14.1. The Hall–Kier alpha value is -2.31. The number of amides is 2. The van der Waals surface area contributed by atoms with Gasteiger partial charge in [0.05, 0.1) is 13.2 Å². The molecule has 20 heavy (non-hydrogen) atoms. The van der Waals surface area contributed by atoms with Crippen LogP contribution in [-0.2, 0) is 9.53 Å². The average Bonchev–Trinajstić information content (AvgIpc) is 2.80. The molecule has 0 saturated carbocycles. The van der Waals surface area contributed by atoms with Crippen LogP contribution >= 0.6 is 0 Å². The molecule has 1 heterocycles.